The molecule has 1 aliphatic heterocycles. The molecule has 0 radical (unpaired) electrons. The molecule has 2 rings (SSSR count). The van der Waals surface area contributed by atoms with Crippen molar-refractivity contribution < 1.29 is 13.2 Å². The van der Waals surface area contributed by atoms with E-state index < -0.39 is 10.0 Å². The number of nitrogens with zero attached hydrogens (tertiary/aromatic N) is 3. The van der Waals surface area contributed by atoms with Crippen LogP contribution < -0.4 is 4.74 Å². The van der Waals surface area contributed by atoms with Crippen LogP contribution in [0.3, 0.4) is 0 Å². The molecular formula is C22H35N3O3S. The van der Waals surface area contributed by atoms with E-state index in [1.54, 1.807) is 28.6 Å². The van der Waals surface area contributed by atoms with Gasteiger partial charge in [0, 0.05) is 52.4 Å². The van der Waals surface area contributed by atoms with Gasteiger partial charge in [-0.2, -0.15) is 4.31 Å². The summed E-state index contributed by atoms with van der Waals surface area (Å²) in [6.45, 7) is 16.4. The average Bonchev–Trinajstić information content (AvgIpc) is 2.73. The van der Waals surface area contributed by atoms with Crippen molar-refractivity contribution in [3.05, 3.63) is 49.6 Å². The van der Waals surface area contributed by atoms with E-state index in [0.29, 0.717) is 30.3 Å². The standard InChI is InChI=1S/C22H35N3O3S/c1-4-7-20-28-21-8-10-22(11-9-21)29(26,27)25-18-16-24(17-19-25)15-14-23(12-5-2)13-6-3/h5-6,8-11H,2-4,7,12-20H2,1H3. The minimum Gasteiger partial charge on any atom is -0.494 e. The van der Waals surface area contributed by atoms with Gasteiger partial charge in [0.1, 0.15) is 5.75 Å². The van der Waals surface area contributed by atoms with E-state index in [0.717, 1.165) is 52.1 Å². The topological polar surface area (TPSA) is 53.1 Å². The van der Waals surface area contributed by atoms with Gasteiger partial charge in [-0.3, -0.25) is 9.80 Å². The zero-order valence-electron chi connectivity index (χ0n) is 17.6. The normalized spacial score (nSPS) is 16.1. The number of unbranched alkanes of at least 4 members (excludes halogenated alkanes) is 1. The van der Waals surface area contributed by atoms with Crippen molar-refractivity contribution >= 4 is 10.0 Å². The van der Waals surface area contributed by atoms with Crippen molar-refractivity contribution in [1.82, 2.24) is 14.1 Å². The monoisotopic (exact) mass is 421 g/mol. The lowest BCUT2D eigenvalue weighted by molar-refractivity contribution is 0.167. The van der Waals surface area contributed by atoms with Crippen LogP contribution in [0.1, 0.15) is 19.8 Å². The summed E-state index contributed by atoms with van der Waals surface area (Å²) in [5.74, 6) is 0.714. The minimum atomic E-state index is -3.46. The van der Waals surface area contributed by atoms with Crippen LogP contribution >= 0.6 is 0 Å². The summed E-state index contributed by atoms with van der Waals surface area (Å²) >= 11 is 0. The fourth-order valence-electron chi connectivity index (χ4n) is 3.29. The summed E-state index contributed by atoms with van der Waals surface area (Å²) in [7, 11) is -3.46. The van der Waals surface area contributed by atoms with Crippen LogP contribution in [0.15, 0.2) is 54.5 Å². The number of hydrogen-bond acceptors (Lipinski definition) is 5. The van der Waals surface area contributed by atoms with E-state index in [1.165, 1.54) is 0 Å². The number of benzene rings is 1. The molecule has 162 valence electrons. The van der Waals surface area contributed by atoms with Crippen LogP contribution in [-0.4, -0.2) is 81.5 Å². The maximum atomic E-state index is 12.9. The zero-order valence-corrected chi connectivity index (χ0v) is 18.4. The molecule has 6 nitrogen and oxygen atoms in total. The molecule has 0 bridgehead atoms. The average molecular weight is 422 g/mol. The van der Waals surface area contributed by atoms with E-state index in [1.807, 2.05) is 12.2 Å². The number of ether oxygens (including phenoxy) is 1. The fourth-order valence-corrected chi connectivity index (χ4v) is 4.71. The first-order valence-electron chi connectivity index (χ1n) is 10.4. The first-order valence-corrected chi connectivity index (χ1v) is 11.8. The summed E-state index contributed by atoms with van der Waals surface area (Å²) < 4.78 is 33.1. The van der Waals surface area contributed by atoms with Crippen LogP contribution in [0.4, 0.5) is 0 Å². The van der Waals surface area contributed by atoms with Crippen LogP contribution in [0.2, 0.25) is 0 Å². The van der Waals surface area contributed by atoms with Gasteiger partial charge in [0.05, 0.1) is 11.5 Å². The highest BCUT2D eigenvalue weighted by atomic mass is 32.2. The molecule has 0 N–H and O–H groups in total. The van der Waals surface area contributed by atoms with Crippen molar-refractivity contribution in [3.63, 3.8) is 0 Å². The Bertz CT molecular complexity index is 716. The summed E-state index contributed by atoms with van der Waals surface area (Å²) in [5.41, 5.74) is 0. The van der Waals surface area contributed by atoms with Gasteiger partial charge in [0.2, 0.25) is 10.0 Å². The molecule has 0 aromatic heterocycles. The van der Waals surface area contributed by atoms with E-state index in [4.69, 9.17) is 4.74 Å². The third-order valence-corrected chi connectivity index (χ3v) is 6.98. The van der Waals surface area contributed by atoms with Crippen LogP contribution in [0, 0.1) is 0 Å². The Balaban J connectivity index is 1.85. The second-order valence-electron chi connectivity index (χ2n) is 7.26. The molecule has 29 heavy (non-hydrogen) atoms. The SMILES string of the molecule is C=CCN(CC=C)CCN1CCN(S(=O)(=O)c2ccc(OCCCC)cc2)CC1. The number of piperazine rings is 1. The second-order valence-corrected chi connectivity index (χ2v) is 9.19. The number of sulfonamides is 1. The summed E-state index contributed by atoms with van der Waals surface area (Å²) in [6, 6.07) is 6.77. The highest BCUT2D eigenvalue weighted by Gasteiger charge is 2.28. The zero-order chi connectivity index (χ0) is 21.1. The van der Waals surface area contributed by atoms with E-state index in [9.17, 15) is 8.42 Å². The quantitative estimate of drug-likeness (QED) is 0.362. The first-order chi connectivity index (χ1) is 14.0. The highest BCUT2D eigenvalue weighted by Crippen LogP contribution is 2.21. The Hall–Kier alpha value is -1.67. The van der Waals surface area contributed by atoms with Gasteiger partial charge in [-0.15, -0.1) is 13.2 Å². The lowest BCUT2D eigenvalue weighted by Crippen LogP contribution is -2.50. The van der Waals surface area contributed by atoms with E-state index in [-0.39, 0.29) is 0 Å². The molecular weight excluding hydrogens is 386 g/mol. The number of hydrogen-bond donors (Lipinski definition) is 0. The van der Waals surface area contributed by atoms with Gasteiger partial charge in [0.15, 0.2) is 0 Å². The molecule has 0 unspecified atom stereocenters. The third kappa shape index (κ3) is 7.26. The van der Waals surface area contributed by atoms with Crippen LogP contribution in [0.25, 0.3) is 0 Å². The third-order valence-electron chi connectivity index (χ3n) is 5.07. The molecule has 1 fully saturated rings. The smallest absolute Gasteiger partial charge is 0.243 e. The molecule has 0 saturated carbocycles. The van der Waals surface area contributed by atoms with Crippen molar-refractivity contribution in [1.29, 1.82) is 0 Å². The Labute approximate surface area is 176 Å². The van der Waals surface area contributed by atoms with Gasteiger partial charge in [0.25, 0.3) is 0 Å². The molecule has 1 aromatic carbocycles. The molecule has 0 amide bonds. The van der Waals surface area contributed by atoms with Crippen molar-refractivity contribution in [2.45, 2.75) is 24.7 Å². The first kappa shape index (κ1) is 23.6. The van der Waals surface area contributed by atoms with E-state index in [2.05, 4.69) is 29.9 Å². The molecule has 1 aliphatic rings. The molecule has 7 heteroatoms. The fraction of sp³-hybridized carbons (Fsp3) is 0.545. The Morgan fingerprint density at radius 3 is 2.24 bits per heavy atom. The second kappa shape index (κ2) is 12.1. The van der Waals surface area contributed by atoms with Gasteiger partial charge >= 0.3 is 0 Å². The largest absolute Gasteiger partial charge is 0.494 e. The number of rotatable bonds is 13. The molecule has 0 spiro atoms. The Morgan fingerprint density at radius 1 is 1.07 bits per heavy atom. The Morgan fingerprint density at radius 2 is 1.69 bits per heavy atom. The van der Waals surface area contributed by atoms with Crippen LogP contribution in [-0.2, 0) is 10.0 Å². The molecule has 1 saturated heterocycles. The molecule has 1 heterocycles. The van der Waals surface area contributed by atoms with E-state index >= 15 is 0 Å². The minimum absolute atomic E-state index is 0.330. The van der Waals surface area contributed by atoms with Crippen molar-refractivity contribution in [2.75, 3.05) is 59.0 Å². The van der Waals surface area contributed by atoms with Gasteiger partial charge in [-0.1, -0.05) is 25.5 Å². The maximum Gasteiger partial charge on any atom is 0.243 e. The Kier molecular flexibility index (Phi) is 9.87. The molecule has 0 atom stereocenters. The van der Waals surface area contributed by atoms with Crippen molar-refractivity contribution in [2.24, 2.45) is 0 Å². The van der Waals surface area contributed by atoms with Gasteiger partial charge < -0.3 is 4.74 Å². The molecule has 0 aliphatic carbocycles. The van der Waals surface area contributed by atoms with Crippen molar-refractivity contribution in [3.8, 4) is 5.75 Å². The predicted molar refractivity (Wildman–Crippen MR) is 119 cm³/mol. The summed E-state index contributed by atoms with van der Waals surface area (Å²) in [6.07, 6.45) is 5.85. The summed E-state index contributed by atoms with van der Waals surface area (Å²) in [5, 5.41) is 0. The van der Waals surface area contributed by atoms with Gasteiger partial charge in [-0.05, 0) is 30.7 Å². The predicted octanol–water partition coefficient (Wildman–Crippen LogP) is 2.85. The van der Waals surface area contributed by atoms with Gasteiger partial charge in [-0.25, -0.2) is 8.42 Å². The van der Waals surface area contributed by atoms with Crippen LogP contribution in [0.5, 0.6) is 5.75 Å². The maximum absolute atomic E-state index is 12.9. The lowest BCUT2D eigenvalue weighted by atomic mass is 10.3. The molecule has 1 aromatic rings. The highest BCUT2D eigenvalue weighted by molar-refractivity contribution is 7.89. The summed E-state index contributed by atoms with van der Waals surface area (Å²) in [4.78, 5) is 4.92. The lowest BCUT2D eigenvalue weighted by Gasteiger charge is -2.35.